The minimum absolute atomic E-state index is 0.0450. The Morgan fingerprint density at radius 1 is 1.17 bits per heavy atom. The van der Waals surface area contributed by atoms with Crippen molar-refractivity contribution in [1.82, 2.24) is 9.97 Å². The summed E-state index contributed by atoms with van der Waals surface area (Å²) in [5.74, 6) is 0.693. The molecule has 0 spiro atoms. The SMILES string of the molecule is C[C@H](c1nc2ccccc2c(=O)[nH]1)[NH+](C)Cc1ccccc1Cl. The predicted molar refractivity (Wildman–Crippen MR) is 92.8 cm³/mol. The van der Waals surface area contributed by atoms with Crippen LogP contribution in [0.5, 0.6) is 0 Å². The topological polar surface area (TPSA) is 50.2 Å². The maximum Gasteiger partial charge on any atom is 0.258 e. The summed E-state index contributed by atoms with van der Waals surface area (Å²) >= 11 is 6.24. The molecule has 23 heavy (non-hydrogen) atoms. The van der Waals surface area contributed by atoms with Gasteiger partial charge in [0.25, 0.3) is 5.56 Å². The average Bonchev–Trinajstić information content (AvgIpc) is 2.56. The first kappa shape index (κ1) is 15.7. The van der Waals surface area contributed by atoms with Gasteiger partial charge in [-0.2, -0.15) is 0 Å². The molecule has 1 aromatic heterocycles. The number of para-hydroxylation sites is 1. The largest absolute Gasteiger partial charge is 0.325 e. The third kappa shape index (κ3) is 3.28. The summed E-state index contributed by atoms with van der Waals surface area (Å²) in [7, 11) is 2.07. The zero-order valence-electron chi connectivity index (χ0n) is 13.1. The number of hydrogen-bond acceptors (Lipinski definition) is 2. The van der Waals surface area contributed by atoms with E-state index in [-0.39, 0.29) is 11.6 Å². The number of benzene rings is 2. The molecule has 0 aliphatic rings. The highest BCUT2D eigenvalue weighted by atomic mass is 35.5. The van der Waals surface area contributed by atoms with E-state index in [1.54, 1.807) is 6.07 Å². The molecule has 2 N–H and O–H groups in total. The van der Waals surface area contributed by atoms with Crippen LogP contribution < -0.4 is 10.5 Å². The first-order chi connectivity index (χ1) is 11.1. The highest BCUT2D eigenvalue weighted by Crippen LogP contribution is 2.14. The Morgan fingerprint density at radius 2 is 1.87 bits per heavy atom. The van der Waals surface area contributed by atoms with E-state index in [1.165, 1.54) is 4.90 Å². The molecule has 0 radical (unpaired) electrons. The van der Waals surface area contributed by atoms with Crippen LogP contribution in [-0.2, 0) is 6.54 Å². The van der Waals surface area contributed by atoms with Gasteiger partial charge in [0, 0.05) is 10.6 Å². The van der Waals surface area contributed by atoms with Gasteiger partial charge in [-0.05, 0) is 25.1 Å². The second-order valence-corrected chi connectivity index (χ2v) is 6.21. The number of hydrogen-bond donors (Lipinski definition) is 2. The fraction of sp³-hybridized carbons (Fsp3) is 0.222. The van der Waals surface area contributed by atoms with Gasteiger partial charge in [-0.15, -0.1) is 0 Å². The van der Waals surface area contributed by atoms with Gasteiger partial charge in [-0.1, -0.05) is 41.9 Å². The summed E-state index contributed by atoms with van der Waals surface area (Å²) < 4.78 is 0. The van der Waals surface area contributed by atoms with Gasteiger partial charge in [0.05, 0.1) is 18.0 Å². The van der Waals surface area contributed by atoms with Gasteiger partial charge in [0.2, 0.25) is 0 Å². The minimum atomic E-state index is -0.0945. The molecule has 0 aliphatic heterocycles. The molecular weight excluding hydrogens is 310 g/mol. The molecule has 0 fully saturated rings. The standard InChI is InChI=1S/C18H18ClN3O/c1-12(22(2)11-13-7-3-5-9-15(13)19)17-20-16-10-6-4-8-14(16)18(23)21-17/h3-10,12H,11H2,1-2H3,(H,20,21,23)/p+1/t12-/m1/s1. The normalized spacial score (nSPS) is 13.9. The van der Waals surface area contributed by atoms with Crippen molar-refractivity contribution < 1.29 is 4.90 Å². The van der Waals surface area contributed by atoms with Crippen molar-refractivity contribution >= 4 is 22.5 Å². The van der Waals surface area contributed by atoms with Crippen molar-refractivity contribution in [1.29, 1.82) is 0 Å². The predicted octanol–water partition coefficient (Wildman–Crippen LogP) is 2.35. The Morgan fingerprint density at radius 3 is 2.65 bits per heavy atom. The van der Waals surface area contributed by atoms with Crippen molar-refractivity contribution in [2.75, 3.05) is 7.05 Å². The van der Waals surface area contributed by atoms with E-state index >= 15 is 0 Å². The fourth-order valence-electron chi connectivity index (χ4n) is 2.64. The fourth-order valence-corrected chi connectivity index (χ4v) is 2.84. The second kappa shape index (κ2) is 6.52. The summed E-state index contributed by atoms with van der Waals surface area (Å²) in [5, 5.41) is 1.38. The molecule has 2 atom stereocenters. The molecule has 0 bridgehead atoms. The lowest BCUT2D eigenvalue weighted by Crippen LogP contribution is -3.07. The average molecular weight is 329 g/mol. The maximum atomic E-state index is 12.2. The lowest BCUT2D eigenvalue weighted by molar-refractivity contribution is -0.924. The number of fused-ring (bicyclic) bond motifs is 1. The van der Waals surface area contributed by atoms with Crippen LogP contribution in [0.4, 0.5) is 0 Å². The molecule has 1 heterocycles. The molecule has 2 aromatic carbocycles. The van der Waals surface area contributed by atoms with Gasteiger partial charge in [0.1, 0.15) is 12.6 Å². The van der Waals surface area contributed by atoms with Crippen LogP contribution in [0, 0.1) is 0 Å². The zero-order chi connectivity index (χ0) is 16.4. The van der Waals surface area contributed by atoms with Crippen LogP contribution in [-0.4, -0.2) is 17.0 Å². The summed E-state index contributed by atoms with van der Waals surface area (Å²) in [4.78, 5) is 20.9. The van der Waals surface area contributed by atoms with E-state index < -0.39 is 0 Å². The maximum absolute atomic E-state index is 12.2. The molecule has 118 valence electrons. The van der Waals surface area contributed by atoms with Crippen LogP contribution in [0.15, 0.2) is 53.3 Å². The van der Waals surface area contributed by atoms with E-state index in [4.69, 9.17) is 11.6 Å². The highest BCUT2D eigenvalue weighted by Gasteiger charge is 2.20. The third-order valence-corrected chi connectivity index (χ3v) is 4.58. The molecule has 3 rings (SSSR count). The van der Waals surface area contributed by atoms with E-state index in [0.717, 1.165) is 22.6 Å². The molecule has 4 nitrogen and oxygen atoms in total. The van der Waals surface area contributed by atoms with Crippen molar-refractivity contribution in [3.8, 4) is 0 Å². The molecule has 3 aromatic rings. The van der Waals surface area contributed by atoms with Gasteiger partial charge in [-0.3, -0.25) is 4.79 Å². The van der Waals surface area contributed by atoms with Crippen LogP contribution in [0.1, 0.15) is 24.4 Å². The number of nitrogens with one attached hydrogen (secondary N) is 2. The Labute approximate surface area is 139 Å². The first-order valence-corrected chi connectivity index (χ1v) is 7.98. The zero-order valence-corrected chi connectivity index (χ0v) is 13.9. The number of quaternary nitrogens is 1. The first-order valence-electron chi connectivity index (χ1n) is 7.61. The van der Waals surface area contributed by atoms with Crippen LogP contribution in [0.2, 0.25) is 5.02 Å². The second-order valence-electron chi connectivity index (χ2n) is 5.80. The van der Waals surface area contributed by atoms with Crippen molar-refractivity contribution in [3.63, 3.8) is 0 Å². The van der Waals surface area contributed by atoms with Crippen LogP contribution in [0.3, 0.4) is 0 Å². The molecule has 5 heteroatoms. The van der Waals surface area contributed by atoms with Crippen LogP contribution in [0.25, 0.3) is 10.9 Å². The summed E-state index contributed by atoms with van der Waals surface area (Å²) in [5.41, 5.74) is 1.72. The summed E-state index contributed by atoms with van der Waals surface area (Å²) in [6.45, 7) is 2.82. The Kier molecular flexibility index (Phi) is 4.46. The van der Waals surface area contributed by atoms with E-state index in [2.05, 4.69) is 23.9 Å². The smallest absolute Gasteiger partial charge is 0.258 e. The van der Waals surface area contributed by atoms with Gasteiger partial charge < -0.3 is 9.88 Å². The van der Waals surface area contributed by atoms with Crippen molar-refractivity contribution in [3.05, 3.63) is 75.3 Å². The Bertz CT molecular complexity index is 891. The molecule has 1 unspecified atom stereocenters. The monoisotopic (exact) mass is 328 g/mol. The number of nitrogens with zero attached hydrogens (tertiary/aromatic N) is 1. The summed E-state index contributed by atoms with van der Waals surface area (Å²) in [6.07, 6.45) is 0. The Hall–Kier alpha value is -2.17. The van der Waals surface area contributed by atoms with Crippen LogP contribution >= 0.6 is 11.6 Å². The minimum Gasteiger partial charge on any atom is -0.325 e. The van der Waals surface area contributed by atoms with E-state index in [1.807, 2.05) is 42.5 Å². The van der Waals surface area contributed by atoms with Gasteiger partial charge in [-0.25, -0.2) is 4.98 Å². The number of halogens is 1. The Balaban J connectivity index is 1.89. The quantitative estimate of drug-likeness (QED) is 0.772. The van der Waals surface area contributed by atoms with E-state index in [0.29, 0.717) is 11.2 Å². The molecule has 0 saturated heterocycles. The van der Waals surface area contributed by atoms with Gasteiger partial charge >= 0.3 is 0 Å². The lowest BCUT2D eigenvalue weighted by Gasteiger charge is -2.21. The van der Waals surface area contributed by atoms with E-state index in [9.17, 15) is 4.79 Å². The lowest BCUT2D eigenvalue weighted by atomic mass is 10.1. The summed E-state index contributed by atoms with van der Waals surface area (Å²) in [6, 6.07) is 15.3. The molecule has 0 aliphatic carbocycles. The van der Waals surface area contributed by atoms with Gasteiger partial charge in [0.15, 0.2) is 5.82 Å². The third-order valence-electron chi connectivity index (χ3n) is 4.21. The number of rotatable bonds is 4. The number of H-pyrrole nitrogens is 1. The number of aromatic nitrogens is 2. The van der Waals surface area contributed by atoms with Crippen molar-refractivity contribution in [2.24, 2.45) is 0 Å². The molecular formula is C18H19ClN3O+. The molecule has 0 saturated carbocycles. The number of aromatic amines is 1. The highest BCUT2D eigenvalue weighted by molar-refractivity contribution is 6.31. The van der Waals surface area contributed by atoms with Crippen molar-refractivity contribution in [2.45, 2.75) is 19.5 Å². The molecule has 0 amide bonds.